The highest BCUT2D eigenvalue weighted by Gasteiger charge is 2.29. The molecule has 2 aliphatic rings. The molecule has 1 saturated heterocycles. The summed E-state index contributed by atoms with van der Waals surface area (Å²) in [6.07, 6.45) is 0.481. The second kappa shape index (κ2) is 9.11. The Bertz CT molecular complexity index is 1170. The molecule has 0 bridgehead atoms. The van der Waals surface area contributed by atoms with E-state index in [1.54, 1.807) is 17.0 Å². The highest BCUT2D eigenvalue weighted by atomic mass is 19.1. The minimum atomic E-state index is -0.560. The number of carbonyl (C=O) groups excluding carboxylic acids is 1. The predicted molar refractivity (Wildman–Crippen MR) is 116 cm³/mol. The molecule has 0 atom stereocenters. The van der Waals surface area contributed by atoms with Gasteiger partial charge in [-0.05, 0) is 36.4 Å². The summed E-state index contributed by atoms with van der Waals surface area (Å²) < 4.78 is 39.0. The quantitative estimate of drug-likeness (QED) is 0.603. The number of carbonyl (C=O) groups is 1. The summed E-state index contributed by atoms with van der Waals surface area (Å²) in [5, 5.41) is 0. The van der Waals surface area contributed by atoms with Crippen molar-refractivity contribution in [1.82, 2.24) is 14.9 Å². The lowest BCUT2D eigenvalue weighted by molar-refractivity contribution is 0.0727. The zero-order valence-electron chi connectivity index (χ0n) is 17.8. The molecule has 1 fully saturated rings. The van der Waals surface area contributed by atoms with Gasteiger partial charge < -0.3 is 19.3 Å². The lowest BCUT2D eigenvalue weighted by atomic mass is 10.0. The van der Waals surface area contributed by atoms with E-state index in [0.717, 1.165) is 5.69 Å². The molecule has 0 aliphatic carbocycles. The van der Waals surface area contributed by atoms with Gasteiger partial charge in [-0.3, -0.25) is 4.79 Å². The van der Waals surface area contributed by atoms with Gasteiger partial charge in [-0.25, -0.2) is 13.8 Å². The third-order valence-corrected chi connectivity index (χ3v) is 5.72. The van der Waals surface area contributed by atoms with Gasteiger partial charge in [-0.1, -0.05) is 12.1 Å². The van der Waals surface area contributed by atoms with E-state index in [2.05, 4.69) is 4.98 Å². The maximum atomic E-state index is 14.2. The molecule has 0 N–H and O–H groups in total. The first-order chi connectivity index (χ1) is 16.1. The number of nitrogens with zero attached hydrogens (tertiary/aromatic N) is 4. The van der Waals surface area contributed by atoms with Gasteiger partial charge in [0.1, 0.15) is 17.4 Å². The second-order valence-electron chi connectivity index (χ2n) is 7.87. The molecule has 9 heteroatoms. The van der Waals surface area contributed by atoms with Crippen molar-refractivity contribution in [2.45, 2.75) is 13.0 Å². The summed E-state index contributed by atoms with van der Waals surface area (Å²) in [5.41, 5.74) is 1.46. The predicted octanol–water partition coefficient (Wildman–Crippen LogP) is 3.58. The number of anilines is 1. The molecule has 1 amide bonds. The van der Waals surface area contributed by atoms with Gasteiger partial charge >= 0.3 is 0 Å². The molecule has 3 heterocycles. The molecule has 2 aromatic carbocycles. The fraction of sp³-hybridized carbons (Fsp3) is 0.292. The van der Waals surface area contributed by atoms with Gasteiger partial charge in [0, 0.05) is 26.1 Å². The van der Waals surface area contributed by atoms with Crippen LogP contribution in [0.5, 0.6) is 11.6 Å². The van der Waals surface area contributed by atoms with Crippen LogP contribution in [0.4, 0.5) is 14.7 Å². The van der Waals surface area contributed by atoms with E-state index >= 15 is 0 Å². The summed E-state index contributed by atoms with van der Waals surface area (Å²) in [5.74, 6) is -0.0774. The minimum Gasteiger partial charge on any atom is -0.438 e. The van der Waals surface area contributed by atoms with Crippen molar-refractivity contribution in [1.29, 1.82) is 0 Å². The Kier molecular flexibility index (Phi) is 5.87. The van der Waals surface area contributed by atoms with Crippen LogP contribution in [-0.4, -0.2) is 53.6 Å². The number of rotatable bonds is 4. The molecule has 0 saturated carbocycles. The lowest BCUT2D eigenvalue weighted by Gasteiger charge is -2.32. The Hall–Kier alpha value is -3.59. The van der Waals surface area contributed by atoms with Crippen LogP contribution < -0.4 is 9.64 Å². The molecule has 0 unspecified atom stereocenters. The number of morpholine rings is 1. The lowest BCUT2D eigenvalue weighted by Crippen LogP contribution is -2.39. The highest BCUT2D eigenvalue weighted by Crippen LogP contribution is 2.32. The summed E-state index contributed by atoms with van der Waals surface area (Å²) >= 11 is 0. The topological polar surface area (TPSA) is 67.8 Å². The fourth-order valence-electron chi connectivity index (χ4n) is 3.95. The summed E-state index contributed by atoms with van der Waals surface area (Å²) in [4.78, 5) is 26.0. The van der Waals surface area contributed by atoms with Gasteiger partial charge in [0.2, 0.25) is 11.8 Å². The largest absolute Gasteiger partial charge is 0.438 e. The molecule has 1 aromatic heterocycles. The van der Waals surface area contributed by atoms with Gasteiger partial charge in [0.05, 0.1) is 36.6 Å². The van der Waals surface area contributed by atoms with Crippen molar-refractivity contribution in [3.63, 3.8) is 0 Å². The number of fused-ring (bicyclic) bond motifs is 1. The maximum absolute atomic E-state index is 14.2. The molecule has 0 spiro atoms. The average molecular weight is 452 g/mol. The third kappa shape index (κ3) is 4.49. The first-order valence-electron chi connectivity index (χ1n) is 10.8. The van der Waals surface area contributed by atoms with Crippen LogP contribution in [0.2, 0.25) is 0 Å². The molecule has 3 aromatic rings. The number of amides is 1. The van der Waals surface area contributed by atoms with Crippen molar-refractivity contribution in [2.75, 3.05) is 37.7 Å². The Morgan fingerprint density at radius 3 is 2.48 bits per heavy atom. The summed E-state index contributed by atoms with van der Waals surface area (Å²) in [6, 6.07) is 11.6. The van der Waals surface area contributed by atoms with Crippen molar-refractivity contribution in [3.8, 4) is 11.6 Å². The van der Waals surface area contributed by atoms with E-state index in [1.165, 1.54) is 36.4 Å². The molecule has 33 heavy (non-hydrogen) atoms. The van der Waals surface area contributed by atoms with Crippen LogP contribution in [0, 0.1) is 11.6 Å². The fourth-order valence-corrected chi connectivity index (χ4v) is 3.95. The number of ether oxygens (including phenoxy) is 2. The Balaban J connectivity index is 1.49. The minimum absolute atomic E-state index is 0.0211. The molecule has 5 rings (SSSR count). The van der Waals surface area contributed by atoms with E-state index in [4.69, 9.17) is 14.5 Å². The first kappa shape index (κ1) is 21.3. The molecular weight excluding hydrogens is 430 g/mol. The highest BCUT2D eigenvalue weighted by molar-refractivity contribution is 5.94. The van der Waals surface area contributed by atoms with Crippen molar-refractivity contribution in [3.05, 3.63) is 77.0 Å². The number of halogens is 2. The van der Waals surface area contributed by atoms with Crippen molar-refractivity contribution in [2.24, 2.45) is 0 Å². The Morgan fingerprint density at radius 2 is 1.73 bits per heavy atom. The van der Waals surface area contributed by atoms with Gasteiger partial charge in [0.15, 0.2) is 0 Å². The normalized spacial score (nSPS) is 15.8. The van der Waals surface area contributed by atoms with Crippen LogP contribution in [0.15, 0.2) is 48.5 Å². The smallest absolute Gasteiger partial charge is 0.257 e. The van der Waals surface area contributed by atoms with Crippen LogP contribution in [-0.2, 0) is 17.7 Å². The van der Waals surface area contributed by atoms with Crippen molar-refractivity contribution >= 4 is 11.9 Å². The number of hydrogen-bond donors (Lipinski definition) is 0. The SMILES string of the molecule is O=C(c1ccccc1F)N1CCc2nc(N3CCOCC3)nc(Oc3ccc(F)cc3)c2C1. The Labute approximate surface area is 189 Å². The standard InChI is InChI=1S/C24H22F2N4O3/c25-16-5-7-17(8-6-16)33-22-19-15-30(23(31)18-3-1-2-4-20(18)26)10-9-21(19)27-24(28-22)29-11-13-32-14-12-29/h1-8H,9-15H2. The van der Waals surface area contributed by atoms with Gasteiger partial charge in [-0.2, -0.15) is 4.98 Å². The van der Waals surface area contributed by atoms with E-state index in [9.17, 15) is 13.6 Å². The molecule has 0 radical (unpaired) electrons. The Morgan fingerprint density at radius 1 is 0.970 bits per heavy atom. The summed E-state index contributed by atoms with van der Waals surface area (Å²) in [7, 11) is 0. The zero-order chi connectivity index (χ0) is 22.8. The summed E-state index contributed by atoms with van der Waals surface area (Å²) in [6.45, 7) is 3.07. The zero-order valence-corrected chi connectivity index (χ0v) is 17.8. The molecule has 2 aliphatic heterocycles. The van der Waals surface area contributed by atoms with E-state index in [-0.39, 0.29) is 17.9 Å². The van der Waals surface area contributed by atoms with Crippen LogP contribution in [0.3, 0.4) is 0 Å². The van der Waals surface area contributed by atoms with Crippen molar-refractivity contribution < 1.29 is 23.0 Å². The van der Waals surface area contributed by atoms with Gasteiger partial charge in [-0.15, -0.1) is 0 Å². The van der Waals surface area contributed by atoms with Crippen LogP contribution in [0.25, 0.3) is 0 Å². The van der Waals surface area contributed by atoms with Crippen LogP contribution >= 0.6 is 0 Å². The van der Waals surface area contributed by atoms with Crippen LogP contribution in [0.1, 0.15) is 21.6 Å². The monoisotopic (exact) mass is 452 g/mol. The molecule has 7 nitrogen and oxygen atoms in total. The second-order valence-corrected chi connectivity index (χ2v) is 7.87. The number of hydrogen-bond acceptors (Lipinski definition) is 6. The van der Waals surface area contributed by atoms with E-state index in [0.29, 0.717) is 62.4 Å². The third-order valence-electron chi connectivity index (χ3n) is 5.72. The van der Waals surface area contributed by atoms with Gasteiger partial charge in [0.25, 0.3) is 5.91 Å². The molecular formula is C24H22F2N4O3. The van der Waals surface area contributed by atoms with E-state index in [1.807, 2.05) is 4.90 Å². The number of aromatic nitrogens is 2. The van der Waals surface area contributed by atoms with E-state index < -0.39 is 11.7 Å². The maximum Gasteiger partial charge on any atom is 0.257 e. The first-order valence-corrected chi connectivity index (χ1v) is 10.8. The molecule has 170 valence electrons. The number of benzene rings is 2. The average Bonchev–Trinajstić information content (AvgIpc) is 2.85.